The van der Waals surface area contributed by atoms with E-state index in [1.807, 2.05) is 0 Å². The van der Waals surface area contributed by atoms with Crippen LogP contribution in [-0.2, 0) is 0 Å². The van der Waals surface area contributed by atoms with Gasteiger partial charge in [0, 0.05) is 11.8 Å². The predicted molar refractivity (Wildman–Crippen MR) is 61.3 cm³/mol. The average molecular weight is 231 g/mol. The van der Waals surface area contributed by atoms with E-state index in [4.69, 9.17) is 5.11 Å². The number of hydrogen-bond acceptors (Lipinski definition) is 2. The molecule has 1 N–H and O–H groups in total. The van der Waals surface area contributed by atoms with Crippen molar-refractivity contribution in [3.63, 3.8) is 0 Å². The third-order valence-electron chi connectivity index (χ3n) is 2.55. The molecular weight excluding hydrogens is 221 g/mol. The first kappa shape index (κ1) is 11.3. The molecule has 0 saturated heterocycles. The highest BCUT2D eigenvalue weighted by atomic mass is 19.1. The highest BCUT2D eigenvalue weighted by Crippen LogP contribution is 2.23. The third kappa shape index (κ3) is 2.15. The summed E-state index contributed by atoms with van der Waals surface area (Å²) in [6, 6.07) is 7.49. The molecule has 0 aliphatic rings. The van der Waals surface area contributed by atoms with Crippen molar-refractivity contribution in [1.82, 2.24) is 4.98 Å². The Morgan fingerprint density at radius 1 is 1.35 bits per heavy atom. The molecule has 1 aromatic heterocycles. The molecule has 4 heteroatoms. The molecule has 0 unspecified atom stereocenters. The molecular formula is C13H10FNO2. The summed E-state index contributed by atoms with van der Waals surface area (Å²) in [7, 11) is 0. The maximum absolute atomic E-state index is 13.4. The van der Waals surface area contributed by atoms with Gasteiger partial charge in [-0.05, 0) is 30.7 Å². The van der Waals surface area contributed by atoms with Crippen LogP contribution in [0.3, 0.4) is 0 Å². The van der Waals surface area contributed by atoms with Gasteiger partial charge in [0.25, 0.3) is 0 Å². The Bertz CT molecular complexity index is 581. The van der Waals surface area contributed by atoms with Gasteiger partial charge in [-0.2, -0.15) is 0 Å². The van der Waals surface area contributed by atoms with Gasteiger partial charge >= 0.3 is 5.97 Å². The summed E-state index contributed by atoms with van der Waals surface area (Å²) in [5, 5.41) is 8.88. The molecule has 0 atom stereocenters. The molecule has 1 heterocycles. The quantitative estimate of drug-likeness (QED) is 0.864. The lowest BCUT2D eigenvalue weighted by atomic mass is 10.0. The maximum atomic E-state index is 13.4. The number of aromatic carboxylic acids is 1. The van der Waals surface area contributed by atoms with Gasteiger partial charge < -0.3 is 5.11 Å². The molecule has 0 saturated carbocycles. The lowest BCUT2D eigenvalue weighted by molar-refractivity contribution is 0.0697. The molecule has 2 aromatic rings. The Morgan fingerprint density at radius 2 is 2.12 bits per heavy atom. The first-order valence-corrected chi connectivity index (χ1v) is 5.04. The number of carboxylic acids is 1. The van der Waals surface area contributed by atoms with Crippen molar-refractivity contribution in [3.05, 3.63) is 53.5 Å². The first-order chi connectivity index (χ1) is 8.09. The molecule has 0 amide bonds. The highest BCUT2D eigenvalue weighted by Gasteiger charge is 2.09. The fourth-order valence-electron chi connectivity index (χ4n) is 1.60. The van der Waals surface area contributed by atoms with Crippen molar-refractivity contribution in [2.45, 2.75) is 6.92 Å². The molecule has 86 valence electrons. The van der Waals surface area contributed by atoms with Gasteiger partial charge in [-0.25, -0.2) is 9.18 Å². The van der Waals surface area contributed by atoms with E-state index in [0.717, 1.165) is 0 Å². The highest BCUT2D eigenvalue weighted by molar-refractivity contribution is 5.88. The largest absolute Gasteiger partial charge is 0.478 e. The zero-order valence-corrected chi connectivity index (χ0v) is 9.14. The van der Waals surface area contributed by atoms with Crippen LogP contribution in [0.15, 0.2) is 36.5 Å². The van der Waals surface area contributed by atoms with Crippen LogP contribution in [0.1, 0.15) is 15.9 Å². The van der Waals surface area contributed by atoms with Crippen LogP contribution < -0.4 is 0 Å². The Labute approximate surface area is 97.6 Å². The van der Waals surface area contributed by atoms with Crippen LogP contribution in [0.4, 0.5) is 4.39 Å². The molecule has 0 fully saturated rings. The Morgan fingerprint density at radius 3 is 2.82 bits per heavy atom. The minimum Gasteiger partial charge on any atom is -0.478 e. The molecule has 0 spiro atoms. The predicted octanol–water partition coefficient (Wildman–Crippen LogP) is 2.89. The molecule has 1 aromatic carbocycles. The topological polar surface area (TPSA) is 50.2 Å². The summed E-state index contributed by atoms with van der Waals surface area (Å²) in [5.41, 5.74) is 1.66. The number of nitrogens with zero attached hydrogens (tertiary/aromatic N) is 1. The number of carbonyl (C=O) groups is 1. The summed E-state index contributed by atoms with van der Waals surface area (Å²) in [6.07, 6.45) is 1.41. The number of halogens is 1. The maximum Gasteiger partial charge on any atom is 0.335 e. The van der Waals surface area contributed by atoms with Gasteiger partial charge in [0.1, 0.15) is 5.82 Å². The van der Waals surface area contributed by atoms with E-state index >= 15 is 0 Å². The van der Waals surface area contributed by atoms with Gasteiger partial charge in [-0.1, -0.05) is 12.1 Å². The molecule has 3 nitrogen and oxygen atoms in total. The summed E-state index contributed by atoms with van der Waals surface area (Å²) < 4.78 is 13.4. The van der Waals surface area contributed by atoms with Crippen LogP contribution in [0, 0.1) is 12.7 Å². The van der Waals surface area contributed by atoms with Crippen LogP contribution in [0.5, 0.6) is 0 Å². The fourth-order valence-corrected chi connectivity index (χ4v) is 1.60. The van der Waals surface area contributed by atoms with E-state index in [9.17, 15) is 9.18 Å². The van der Waals surface area contributed by atoms with Crippen molar-refractivity contribution < 1.29 is 14.3 Å². The number of hydrogen-bond donors (Lipinski definition) is 1. The third-order valence-corrected chi connectivity index (χ3v) is 2.55. The Kier molecular flexibility index (Phi) is 2.87. The minimum atomic E-state index is -1.03. The molecule has 0 aliphatic carbocycles. The zero-order chi connectivity index (χ0) is 12.4. The van der Waals surface area contributed by atoms with Crippen molar-refractivity contribution >= 4 is 5.97 Å². The molecule has 2 rings (SSSR count). The smallest absolute Gasteiger partial charge is 0.335 e. The van der Waals surface area contributed by atoms with Gasteiger partial charge in [0.05, 0.1) is 11.3 Å². The lowest BCUT2D eigenvalue weighted by Crippen LogP contribution is -1.98. The lowest BCUT2D eigenvalue weighted by Gasteiger charge is -2.06. The number of carboxylic acid groups (broad SMARTS) is 1. The molecule has 17 heavy (non-hydrogen) atoms. The molecule has 0 aliphatic heterocycles. The number of aromatic nitrogens is 1. The number of rotatable bonds is 2. The second kappa shape index (κ2) is 4.33. The summed E-state index contributed by atoms with van der Waals surface area (Å²) in [4.78, 5) is 14.9. The van der Waals surface area contributed by atoms with E-state index in [2.05, 4.69) is 4.98 Å². The Balaban J connectivity index is 2.57. The number of benzene rings is 1. The van der Waals surface area contributed by atoms with Crippen LogP contribution >= 0.6 is 0 Å². The van der Waals surface area contributed by atoms with E-state index in [0.29, 0.717) is 16.8 Å². The monoisotopic (exact) mass is 231 g/mol. The zero-order valence-electron chi connectivity index (χ0n) is 9.14. The van der Waals surface area contributed by atoms with Gasteiger partial charge in [-0.15, -0.1) is 0 Å². The van der Waals surface area contributed by atoms with E-state index in [1.165, 1.54) is 24.4 Å². The second-order valence-corrected chi connectivity index (χ2v) is 3.65. The van der Waals surface area contributed by atoms with Gasteiger partial charge in [0.2, 0.25) is 0 Å². The van der Waals surface area contributed by atoms with Crippen LogP contribution in [-0.4, -0.2) is 16.1 Å². The number of pyridine rings is 1. The summed E-state index contributed by atoms with van der Waals surface area (Å²) >= 11 is 0. The average Bonchev–Trinajstić information content (AvgIpc) is 2.33. The first-order valence-electron chi connectivity index (χ1n) is 5.04. The standard InChI is InChI=1S/C13H10FNO2/c1-8-10(3-2-4-11(8)14)12-7-9(13(16)17)5-6-15-12/h2-7H,1H3,(H,16,17). The molecule has 0 bridgehead atoms. The SMILES string of the molecule is Cc1c(F)cccc1-c1cc(C(=O)O)ccn1. The van der Waals surface area contributed by atoms with E-state index < -0.39 is 5.97 Å². The van der Waals surface area contributed by atoms with Crippen molar-refractivity contribution in [2.24, 2.45) is 0 Å². The van der Waals surface area contributed by atoms with Gasteiger partial charge in [0.15, 0.2) is 0 Å². The summed E-state index contributed by atoms with van der Waals surface area (Å²) in [6.45, 7) is 1.64. The normalized spacial score (nSPS) is 10.2. The van der Waals surface area contributed by atoms with E-state index in [1.54, 1.807) is 19.1 Å². The van der Waals surface area contributed by atoms with Crippen LogP contribution in [0.25, 0.3) is 11.3 Å². The van der Waals surface area contributed by atoms with Crippen molar-refractivity contribution in [2.75, 3.05) is 0 Å². The minimum absolute atomic E-state index is 0.138. The fraction of sp³-hybridized carbons (Fsp3) is 0.0769. The van der Waals surface area contributed by atoms with E-state index in [-0.39, 0.29) is 11.4 Å². The van der Waals surface area contributed by atoms with Crippen molar-refractivity contribution in [3.8, 4) is 11.3 Å². The van der Waals surface area contributed by atoms with Gasteiger partial charge in [-0.3, -0.25) is 4.98 Å². The van der Waals surface area contributed by atoms with Crippen molar-refractivity contribution in [1.29, 1.82) is 0 Å². The second-order valence-electron chi connectivity index (χ2n) is 3.65. The molecule has 0 radical (unpaired) electrons. The Hall–Kier alpha value is -2.23. The van der Waals surface area contributed by atoms with Crippen LogP contribution in [0.2, 0.25) is 0 Å². The summed E-state index contributed by atoms with van der Waals surface area (Å²) in [5.74, 6) is -1.35.